The molecular formula is C14H11F4NO. The Hall–Kier alpha value is -2.24. The lowest BCUT2D eigenvalue weighted by Gasteiger charge is -2.12. The molecule has 2 aromatic rings. The van der Waals surface area contributed by atoms with Gasteiger partial charge in [-0.25, -0.2) is 17.6 Å². The monoisotopic (exact) mass is 285 g/mol. The summed E-state index contributed by atoms with van der Waals surface area (Å²) in [4.78, 5) is 0. The molecule has 2 rings (SSSR count). The van der Waals surface area contributed by atoms with Crippen molar-refractivity contribution in [2.75, 3.05) is 12.4 Å². The van der Waals surface area contributed by atoms with Gasteiger partial charge in [-0.2, -0.15) is 0 Å². The summed E-state index contributed by atoms with van der Waals surface area (Å²) in [6.07, 6.45) is 0. The van der Waals surface area contributed by atoms with Crippen molar-refractivity contribution in [1.29, 1.82) is 0 Å². The Morgan fingerprint density at radius 3 is 2.35 bits per heavy atom. The second-order valence-corrected chi connectivity index (χ2v) is 4.06. The molecule has 0 aliphatic carbocycles. The van der Waals surface area contributed by atoms with Crippen LogP contribution in [0, 0.1) is 23.3 Å². The van der Waals surface area contributed by atoms with Crippen molar-refractivity contribution in [1.82, 2.24) is 0 Å². The fourth-order valence-corrected chi connectivity index (χ4v) is 1.70. The quantitative estimate of drug-likeness (QED) is 0.680. The van der Waals surface area contributed by atoms with Gasteiger partial charge in [-0.15, -0.1) is 0 Å². The SMILES string of the molecule is COc1cc(F)ccc1NCc1cc(F)c(F)cc1F. The van der Waals surface area contributed by atoms with Crippen LogP contribution < -0.4 is 10.1 Å². The predicted molar refractivity (Wildman–Crippen MR) is 66.6 cm³/mol. The van der Waals surface area contributed by atoms with Crippen molar-refractivity contribution in [3.63, 3.8) is 0 Å². The van der Waals surface area contributed by atoms with E-state index in [1.165, 1.54) is 19.2 Å². The van der Waals surface area contributed by atoms with E-state index in [0.29, 0.717) is 11.8 Å². The van der Waals surface area contributed by atoms with E-state index in [1.54, 1.807) is 0 Å². The van der Waals surface area contributed by atoms with Crippen molar-refractivity contribution >= 4 is 5.69 Å². The van der Waals surface area contributed by atoms with Crippen LogP contribution in [0.25, 0.3) is 0 Å². The second-order valence-electron chi connectivity index (χ2n) is 4.06. The highest BCUT2D eigenvalue weighted by atomic mass is 19.2. The number of halogens is 4. The van der Waals surface area contributed by atoms with Crippen molar-refractivity contribution in [2.24, 2.45) is 0 Å². The van der Waals surface area contributed by atoms with Crippen LogP contribution in [0.5, 0.6) is 5.75 Å². The first-order chi connectivity index (χ1) is 9.51. The number of methoxy groups -OCH3 is 1. The highest BCUT2D eigenvalue weighted by molar-refractivity contribution is 5.56. The van der Waals surface area contributed by atoms with E-state index >= 15 is 0 Å². The summed E-state index contributed by atoms with van der Waals surface area (Å²) in [6, 6.07) is 5.02. The zero-order valence-electron chi connectivity index (χ0n) is 10.5. The third-order valence-electron chi connectivity index (χ3n) is 2.72. The molecule has 0 atom stereocenters. The Morgan fingerprint density at radius 2 is 1.65 bits per heavy atom. The number of hydrogen-bond donors (Lipinski definition) is 1. The minimum Gasteiger partial charge on any atom is -0.494 e. The van der Waals surface area contributed by atoms with Crippen LogP contribution in [-0.4, -0.2) is 7.11 Å². The third kappa shape index (κ3) is 3.01. The van der Waals surface area contributed by atoms with Gasteiger partial charge in [0, 0.05) is 24.2 Å². The van der Waals surface area contributed by atoms with Gasteiger partial charge in [-0.3, -0.25) is 0 Å². The molecule has 0 aliphatic heterocycles. The summed E-state index contributed by atoms with van der Waals surface area (Å²) in [5.41, 5.74) is 0.369. The average Bonchev–Trinajstić information content (AvgIpc) is 2.42. The molecule has 0 amide bonds. The van der Waals surface area contributed by atoms with E-state index in [4.69, 9.17) is 4.74 Å². The third-order valence-corrected chi connectivity index (χ3v) is 2.72. The van der Waals surface area contributed by atoms with Crippen LogP contribution in [0.15, 0.2) is 30.3 Å². The number of benzene rings is 2. The normalized spacial score (nSPS) is 10.4. The van der Waals surface area contributed by atoms with E-state index < -0.39 is 23.3 Å². The molecule has 0 saturated heterocycles. The van der Waals surface area contributed by atoms with Gasteiger partial charge >= 0.3 is 0 Å². The lowest BCUT2D eigenvalue weighted by Crippen LogP contribution is -2.05. The van der Waals surface area contributed by atoms with Gasteiger partial charge in [0.2, 0.25) is 0 Å². The first-order valence-corrected chi connectivity index (χ1v) is 5.72. The lowest BCUT2D eigenvalue weighted by atomic mass is 10.2. The molecule has 0 aliphatic rings. The molecule has 0 saturated carbocycles. The summed E-state index contributed by atoms with van der Waals surface area (Å²) in [6.45, 7) is -0.0922. The Bertz CT molecular complexity index is 631. The van der Waals surface area contributed by atoms with E-state index in [9.17, 15) is 17.6 Å². The fourth-order valence-electron chi connectivity index (χ4n) is 1.70. The number of hydrogen-bond acceptors (Lipinski definition) is 2. The fraction of sp³-hybridized carbons (Fsp3) is 0.143. The molecule has 1 N–H and O–H groups in total. The zero-order valence-corrected chi connectivity index (χ0v) is 10.5. The molecule has 2 nitrogen and oxygen atoms in total. The van der Waals surface area contributed by atoms with Gasteiger partial charge in [0.25, 0.3) is 0 Å². The van der Waals surface area contributed by atoms with Crippen LogP contribution in [0.2, 0.25) is 0 Å². The van der Waals surface area contributed by atoms with E-state index in [0.717, 1.165) is 12.1 Å². The molecular weight excluding hydrogens is 274 g/mol. The van der Waals surface area contributed by atoms with Crippen molar-refractivity contribution in [3.05, 3.63) is 59.2 Å². The summed E-state index contributed by atoms with van der Waals surface area (Å²) >= 11 is 0. The molecule has 2 aromatic carbocycles. The highest BCUT2D eigenvalue weighted by Gasteiger charge is 2.11. The molecule has 0 heterocycles. The molecule has 0 spiro atoms. The summed E-state index contributed by atoms with van der Waals surface area (Å²) < 4.78 is 57.2. The molecule has 0 aromatic heterocycles. The van der Waals surface area contributed by atoms with Gasteiger partial charge < -0.3 is 10.1 Å². The molecule has 20 heavy (non-hydrogen) atoms. The van der Waals surface area contributed by atoms with Gasteiger partial charge in [0.1, 0.15) is 17.4 Å². The van der Waals surface area contributed by atoms with Gasteiger partial charge in [-0.1, -0.05) is 0 Å². The molecule has 0 fully saturated rings. The Balaban J connectivity index is 2.19. The Labute approximate surface area is 113 Å². The topological polar surface area (TPSA) is 21.3 Å². The summed E-state index contributed by atoms with van der Waals surface area (Å²) in [5, 5.41) is 2.77. The van der Waals surface area contributed by atoms with Crippen molar-refractivity contribution in [3.8, 4) is 5.75 Å². The first-order valence-electron chi connectivity index (χ1n) is 5.72. The molecule has 0 radical (unpaired) electrons. The van der Waals surface area contributed by atoms with Crippen LogP contribution in [0.3, 0.4) is 0 Å². The Kier molecular flexibility index (Phi) is 4.12. The van der Waals surface area contributed by atoms with Crippen LogP contribution in [0.1, 0.15) is 5.56 Å². The minimum atomic E-state index is -1.24. The van der Waals surface area contributed by atoms with Crippen molar-refractivity contribution in [2.45, 2.75) is 6.54 Å². The van der Waals surface area contributed by atoms with E-state index in [1.807, 2.05) is 0 Å². The van der Waals surface area contributed by atoms with E-state index in [2.05, 4.69) is 5.32 Å². The standard InChI is InChI=1S/C14H11F4NO/c1-20-14-5-9(15)2-3-13(14)19-7-8-4-11(17)12(18)6-10(8)16/h2-6,19H,7H2,1H3. The highest BCUT2D eigenvalue weighted by Crippen LogP contribution is 2.26. The Morgan fingerprint density at radius 1 is 0.950 bits per heavy atom. The molecule has 6 heteroatoms. The number of anilines is 1. The maximum Gasteiger partial charge on any atom is 0.161 e. The largest absolute Gasteiger partial charge is 0.494 e. The zero-order chi connectivity index (χ0) is 14.7. The molecule has 0 unspecified atom stereocenters. The number of rotatable bonds is 4. The maximum atomic E-state index is 13.4. The minimum absolute atomic E-state index is 0.0460. The van der Waals surface area contributed by atoms with Gasteiger partial charge in [0.15, 0.2) is 11.6 Å². The van der Waals surface area contributed by atoms with Gasteiger partial charge in [0.05, 0.1) is 12.8 Å². The molecule has 0 bridgehead atoms. The predicted octanol–water partition coefficient (Wildman–Crippen LogP) is 3.86. The van der Waals surface area contributed by atoms with Crippen LogP contribution in [-0.2, 0) is 6.54 Å². The second kappa shape index (κ2) is 5.81. The lowest BCUT2D eigenvalue weighted by molar-refractivity contribution is 0.413. The van der Waals surface area contributed by atoms with E-state index in [-0.39, 0.29) is 17.9 Å². The van der Waals surface area contributed by atoms with Crippen molar-refractivity contribution < 1.29 is 22.3 Å². The molecule has 106 valence electrons. The van der Waals surface area contributed by atoms with Crippen LogP contribution >= 0.6 is 0 Å². The number of ether oxygens (including phenoxy) is 1. The summed E-state index contributed by atoms with van der Waals surface area (Å²) in [5.74, 6) is -3.49. The summed E-state index contributed by atoms with van der Waals surface area (Å²) in [7, 11) is 1.36. The smallest absolute Gasteiger partial charge is 0.161 e. The average molecular weight is 285 g/mol. The maximum absolute atomic E-state index is 13.4. The number of nitrogens with one attached hydrogen (secondary N) is 1. The van der Waals surface area contributed by atoms with Crippen LogP contribution in [0.4, 0.5) is 23.2 Å². The van der Waals surface area contributed by atoms with Gasteiger partial charge in [-0.05, 0) is 18.2 Å². The first kappa shape index (κ1) is 14.2.